The highest BCUT2D eigenvalue weighted by Gasteiger charge is 2.10. The van der Waals surface area contributed by atoms with E-state index in [1.54, 1.807) is 25.2 Å². The first kappa shape index (κ1) is 14.3. The molecular formula is C17H12ClN3O. The number of nitriles is 1. The van der Waals surface area contributed by atoms with Crippen LogP contribution in [0.15, 0.2) is 47.3 Å². The van der Waals surface area contributed by atoms with Gasteiger partial charge >= 0.3 is 0 Å². The first-order valence-electron chi connectivity index (χ1n) is 6.72. The maximum Gasteiger partial charge on any atom is 0.261 e. The Kier molecular flexibility index (Phi) is 3.66. The highest BCUT2D eigenvalue weighted by molar-refractivity contribution is 6.31. The summed E-state index contributed by atoms with van der Waals surface area (Å²) in [5.41, 5.74) is 2.22. The zero-order valence-corrected chi connectivity index (χ0v) is 12.6. The van der Waals surface area contributed by atoms with Crippen molar-refractivity contribution >= 4 is 22.5 Å². The largest absolute Gasteiger partial charge is 0.295 e. The lowest BCUT2D eigenvalue weighted by Gasteiger charge is -2.10. The number of nitrogens with zero attached hydrogens (tertiary/aromatic N) is 3. The predicted octanol–water partition coefficient (Wildman–Crippen LogP) is 3.32. The van der Waals surface area contributed by atoms with Crippen molar-refractivity contribution in [1.82, 2.24) is 9.55 Å². The summed E-state index contributed by atoms with van der Waals surface area (Å²) in [6.45, 7) is 0. The summed E-state index contributed by atoms with van der Waals surface area (Å²) < 4.78 is 1.52. The Morgan fingerprint density at radius 1 is 1.23 bits per heavy atom. The molecule has 0 saturated carbocycles. The van der Waals surface area contributed by atoms with E-state index in [4.69, 9.17) is 16.9 Å². The van der Waals surface area contributed by atoms with Crippen LogP contribution >= 0.6 is 11.6 Å². The molecule has 22 heavy (non-hydrogen) atoms. The molecule has 0 aliphatic rings. The lowest BCUT2D eigenvalue weighted by molar-refractivity contribution is 0.856. The van der Waals surface area contributed by atoms with Crippen LogP contribution in [-0.4, -0.2) is 9.55 Å². The summed E-state index contributed by atoms with van der Waals surface area (Å²) >= 11 is 5.99. The molecule has 108 valence electrons. The monoisotopic (exact) mass is 309 g/mol. The zero-order chi connectivity index (χ0) is 15.7. The maximum atomic E-state index is 12.4. The van der Waals surface area contributed by atoms with Gasteiger partial charge in [-0.1, -0.05) is 35.9 Å². The molecule has 3 rings (SSSR count). The van der Waals surface area contributed by atoms with Gasteiger partial charge in [0.2, 0.25) is 0 Å². The number of halogens is 1. The van der Waals surface area contributed by atoms with Crippen LogP contribution in [0, 0.1) is 11.3 Å². The normalized spacial score (nSPS) is 10.6. The van der Waals surface area contributed by atoms with Crippen LogP contribution in [0.1, 0.15) is 5.56 Å². The fraction of sp³-hybridized carbons (Fsp3) is 0.118. The van der Waals surface area contributed by atoms with E-state index < -0.39 is 0 Å². The van der Waals surface area contributed by atoms with Crippen molar-refractivity contribution in [3.63, 3.8) is 0 Å². The van der Waals surface area contributed by atoms with Gasteiger partial charge in [-0.25, -0.2) is 4.98 Å². The zero-order valence-electron chi connectivity index (χ0n) is 11.9. The van der Waals surface area contributed by atoms with Crippen LogP contribution in [0.3, 0.4) is 0 Å². The Hall–Kier alpha value is -2.64. The summed E-state index contributed by atoms with van der Waals surface area (Å²) in [7, 11) is 1.70. The summed E-state index contributed by atoms with van der Waals surface area (Å²) in [6, 6.07) is 14.6. The van der Waals surface area contributed by atoms with E-state index in [0.717, 1.165) is 11.1 Å². The van der Waals surface area contributed by atoms with Gasteiger partial charge in [-0.3, -0.25) is 9.36 Å². The van der Waals surface area contributed by atoms with E-state index >= 15 is 0 Å². The van der Waals surface area contributed by atoms with Crippen LogP contribution in [0.5, 0.6) is 0 Å². The number of rotatable bonds is 2. The third kappa shape index (κ3) is 2.47. The molecule has 3 aromatic rings. The van der Waals surface area contributed by atoms with E-state index in [-0.39, 0.29) is 5.56 Å². The molecule has 0 amide bonds. The van der Waals surface area contributed by atoms with Crippen molar-refractivity contribution < 1.29 is 0 Å². The SMILES string of the molecule is Cn1c(-c2ccc(CC#N)cc2)nc2cc(Cl)ccc2c1=O. The van der Waals surface area contributed by atoms with Gasteiger partial charge < -0.3 is 0 Å². The second-order valence-corrected chi connectivity index (χ2v) is 5.43. The van der Waals surface area contributed by atoms with Crippen LogP contribution in [0.4, 0.5) is 0 Å². The Morgan fingerprint density at radius 2 is 1.95 bits per heavy atom. The van der Waals surface area contributed by atoms with Crippen molar-refractivity contribution in [2.75, 3.05) is 0 Å². The first-order valence-corrected chi connectivity index (χ1v) is 7.10. The summed E-state index contributed by atoms with van der Waals surface area (Å²) in [5.74, 6) is 0.572. The Bertz CT molecular complexity index is 953. The molecule has 0 aliphatic carbocycles. The molecule has 0 N–H and O–H groups in total. The van der Waals surface area contributed by atoms with Crippen molar-refractivity contribution in [2.45, 2.75) is 6.42 Å². The third-order valence-corrected chi connectivity index (χ3v) is 3.77. The quantitative estimate of drug-likeness (QED) is 0.729. The average Bonchev–Trinajstić information content (AvgIpc) is 2.52. The van der Waals surface area contributed by atoms with Gasteiger partial charge in [0.15, 0.2) is 0 Å². The topological polar surface area (TPSA) is 58.7 Å². The maximum absolute atomic E-state index is 12.4. The van der Waals surface area contributed by atoms with Crippen molar-refractivity contribution in [3.8, 4) is 17.5 Å². The van der Waals surface area contributed by atoms with E-state index in [1.165, 1.54) is 4.57 Å². The van der Waals surface area contributed by atoms with E-state index in [1.807, 2.05) is 24.3 Å². The second-order valence-electron chi connectivity index (χ2n) is 4.99. The molecule has 0 fully saturated rings. The van der Waals surface area contributed by atoms with Crippen LogP contribution < -0.4 is 5.56 Å². The highest BCUT2D eigenvalue weighted by Crippen LogP contribution is 2.21. The lowest BCUT2D eigenvalue weighted by atomic mass is 10.1. The molecular weight excluding hydrogens is 298 g/mol. The molecule has 0 saturated heterocycles. The number of aromatic nitrogens is 2. The number of hydrogen-bond donors (Lipinski definition) is 0. The van der Waals surface area contributed by atoms with Gasteiger partial charge in [0, 0.05) is 17.6 Å². The van der Waals surface area contributed by atoms with Gasteiger partial charge in [-0.15, -0.1) is 0 Å². The van der Waals surface area contributed by atoms with Gasteiger partial charge in [0.25, 0.3) is 5.56 Å². The molecule has 0 spiro atoms. The first-order chi connectivity index (χ1) is 10.6. The number of fused-ring (bicyclic) bond motifs is 1. The predicted molar refractivity (Wildman–Crippen MR) is 86.7 cm³/mol. The van der Waals surface area contributed by atoms with Gasteiger partial charge in [-0.05, 0) is 23.8 Å². The summed E-state index contributed by atoms with van der Waals surface area (Å²) in [4.78, 5) is 17.0. The molecule has 0 aliphatic heterocycles. The Labute approximate surface area is 132 Å². The minimum atomic E-state index is -0.113. The van der Waals surface area contributed by atoms with E-state index in [0.29, 0.717) is 28.2 Å². The summed E-state index contributed by atoms with van der Waals surface area (Å²) in [6.07, 6.45) is 0.361. The van der Waals surface area contributed by atoms with Crippen LogP contribution in [0.25, 0.3) is 22.3 Å². The van der Waals surface area contributed by atoms with Gasteiger partial charge in [0.1, 0.15) is 5.82 Å². The van der Waals surface area contributed by atoms with E-state index in [9.17, 15) is 4.79 Å². The lowest BCUT2D eigenvalue weighted by Crippen LogP contribution is -2.20. The minimum absolute atomic E-state index is 0.113. The molecule has 4 nitrogen and oxygen atoms in total. The highest BCUT2D eigenvalue weighted by atomic mass is 35.5. The fourth-order valence-electron chi connectivity index (χ4n) is 2.37. The molecule has 0 atom stereocenters. The van der Waals surface area contributed by atoms with Crippen LogP contribution in [0.2, 0.25) is 5.02 Å². The number of hydrogen-bond acceptors (Lipinski definition) is 3. The van der Waals surface area contributed by atoms with Crippen LogP contribution in [-0.2, 0) is 13.5 Å². The molecule has 1 aromatic heterocycles. The average molecular weight is 310 g/mol. The van der Waals surface area contributed by atoms with Crippen molar-refractivity contribution in [3.05, 3.63) is 63.4 Å². The molecule has 0 unspecified atom stereocenters. The Morgan fingerprint density at radius 3 is 2.64 bits per heavy atom. The fourth-order valence-corrected chi connectivity index (χ4v) is 2.53. The number of benzene rings is 2. The molecule has 2 aromatic carbocycles. The summed E-state index contributed by atoms with van der Waals surface area (Å²) in [5, 5.41) is 9.79. The second kappa shape index (κ2) is 5.63. The molecule has 0 radical (unpaired) electrons. The smallest absolute Gasteiger partial charge is 0.261 e. The minimum Gasteiger partial charge on any atom is -0.295 e. The molecule has 0 bridgehead atoms. The molecule has 1 heterocycles. The standard InChI is InChI=1S/C17H12ClN3O/c1-21-16(12-4-2-11(3-5-12)8-9-19)20-15-10-13(18)6-7-14(15)17(21)22/h2-7,10H,8H2,1H3. The van der Waals surface area contributed by atoms with Gasteiger partial charge in [-0.2, -0.15) is 5.26 Å². The molecule has 5 heteroatoms. The third-order valence-electron chi connectivity index (χ3n) is 3.53. The van der Waals surface area contributed by atoms with Crippen molar-refractivity contribution in [2.24, 2.45) is 7.05 Å². The Balaban J connectivity index is 2.20. The van der Waals surface area contributed by atoms with Crippen molar-refractivity contribution in [1.29, 1.82) is 5.26 Å². The van der Waals surface area contributed by atoms with Gasteiger partial charge in [0.05, 0.1) is 23.4 Å². The van der Waals surface area contributed by atoms with E-state index in [2.05, 4.69) is 11.1 Å².